The molecule has 0 spiro atoms. The summed E-state index contributed by atoms with van der Waals surface area (Å²) >= 11 is 0. The number of unbranched alkanes of at least 4 members (excludes halogenated alkanes) is 1. The van der Waals surface area contributed by atoms with Gasteiger partial charge >= 0.3 is 0 Å². The smallest absolute Gasteiger partial charge is 0.222 e. The fourth-order valence-electron chi connectivity index (χ4n) is 3.49. The van der Waals surface area contributed by atoms with E-state index in [2.05, 4.69) is 44.8 Å². The number of nitrogen functional groups attached to an aromatic ring is 1. The van der Waals surface area contributed by atoms with E-state index in [0.717, 1.165) is 61.5 Å². The molecule has 0 unspecified atom stereocenters. The average molecular weight is 412 g/mol. The first kappa shape index (κ1) is 20.4. The minimum Gasteiger partial charge on any atom is -0.496 e. The molecule has 1 fully saturated rings. The molecule has 0 atom stereocenters. The van der Waals surface area contributed by atoms with E-state index in [1.54, 1.807) is 13.3 Å². The number of rotatable bonds is 10. The number of methoxy groups -OCH3 is 1. The predicted molar refractivity (Wildman–Crippen MR) is 117 cm³/mol. The third-order valence-corrected chi connectivity index (χ3v) is 5.23. The summed E-state index contributed by atoms with van der Waals surface area (Å²) in [5.74, 6) is 1.78. The molecule has 3 aromatic rings. The molecule has 0 radical (unpaired) electrons. The van der Waals surface area contributed by atoms with Crippen LogP contribution in [-0.2, 0) is 17.8 Å². The molecule has 1 saturated heterocycles. The Kier molecular flexibility index (Phi) is 6.29. The van der Waals surface area contributed by atoms with E-state index in [9.17, 15) is 0 Å². The fraction of sp³-hybridized carbons (Fsp3) is 0.476. The maximum absolute atomic E-state index is 5.90. The molecule has 1 aliphatic rings. The van der Waals surface area contributed by atoms with Crippen LogP contribution in [0.5, 0.6) is 5.75 Å². The molecule has 0 saturated carbocycles. The lowest BCUT2D eigenvalue weighted by Crippen LogP contribution is -2.45. The van der Waals surface area contributed by atoms with Gasteiger partial charge in [-0.05, 0) is 24.1 Å². The number of aromatic nitrogens is 4. The maximum atomic E-state index is 5.90. The molecule has 1 aliphatic heterocycles. The van der Waals surface area contributed by atoms with E-state index in [4.69, 9.17) is 15.2 Å². The summed E-state index contributed by atoms with van der Waals surface area (Å²) < 4.78 is 12.7. The highest BCUT2D eigenvalue weighted by Crippen LogP contribution is 2.26. The van der Waals surface area contributed by atoms with Gasteiger partial charge in [-0.1, -0.05) is 19.4 Å². The van der Waals surface area contributed by atoms with Crippen molar-refractivity contribution < 1.29 is 9.47 Å². The second kappa shape index (κ2) is 9.27. The van der Waals surface area contributed by atoms with Crippen molar-refractivity contribution in [3.8, 4) is 5.75 Å². The highest BCUT2D eigenvalue weighted by molar-refractivity contribution is 5.86. The maximum Gasteiger partial charge on any atom is 0.222 e. The van der Waals surface area contributed by atoms with Gasteiger partial charge in [0.1, 0.15) is 16.8 Å². The molecule has 0 aliphatic carbocycles. The van der Waals surface area contributed by atoms with E-state index in [0.29, 0.717) is 18.4 Å². The van der Waals surface area contributed by atoms with E-state index < -0.39 is 0 Å². The fourth-order valence-corrected chi connectivity index (χ4v) is 3.49. The number of benzene rings is 1. The largest absolute Gasteiger partial charge is 0.496 e. The number of nitrogens with one attached hydrogen (secondary N) is 2. The molecular weight excluding hydrogens is 382 g/mol. The van der Waals surface area contributed by atoms with Gasteiger partial charge in [0.15, 0.2) is 5.82 Å². The predicted octanol–water partition coefficient (Wildman–Crippen LogP) is 2.17. The van der Waals surface area contributed by atoms with Gasteiger partial charge in [-0.2, -0.15) is 10.1 Å². The normalized spacial score (nSPS) is 14.1. The van der Waals surface area contributed by atoms with Crippen molar-refractivity contribution in [1.82, 2.24) is 25.1 Å². The highest BCUT2D eigenvalue weighted by Gasteiger charge is 2.18. The molecule has 2 aromatic heterocycles. The Balaban J connectivity index is 1.60. The lowest BCUT2D eigenvalue weighted by molar-refractivity contribution is -0.00578. The van der Waals surface area contributed by atoms with Crippen molar-refractivity contribution in [2.45, 2.75) is 38.9 Å². The number of ether oxygens (including phenoxy) is 2. The summed E-state index contributed by atoms with van der Waals surface area (Å²) in [5, 5.41) is 11.4. The van der Waals surface area contributed by atoms with Crippen molar-refractivity contribution in [2.24, 2.45) is 0 Å². The lowest BCUT2D eigenvalue weighted by atomic mass is 10.1. The van der Waals surface area contributed by atoms with Crippen molar-refractivity contribution in [3.63, 3.8) is 0 Å². The van der Waals surface area contributed by atoms with Gasteiger partial charge in [-0.15, -0.1) is 0 Å². The summed E-state index contributed by atoms with van der Waals surface area (Å²) in [6, 6.07) is 6.67. The summed E-state index contributed by atoms with van der Waals surface area (Å²) in [4.78, 5) is 8.76. The third-order valence-electron chi connectivity index (χ3n) is 5.23. The molecule has 9 heteroatoms. The van der Waals surface area contributed by atoms with Crippen LogP contribution >= 0.6 is 0 Å². The Bertz CT molecular complexity index is 1000. The van der Waals surface area contributed by atoms with Gasteiger partial charge in [0, 0.05) is 18.7 Å². The number of fused-ring (bicyclic) bond motifs is 1. The van der Waals surface area contributed by atoms with Crippen LogP contribution in [0.25, 0.3) is 11.0 Å². The standard InChI is InChI=1S/C21H29N7O2/c1-3-4-7-23-20-19-17(26-21(22)27-20)10-25-28(19)11-15-8-14(5-6-18(15)29-2)9-24-16-12-30-13-16/h5-6,8,10,16,24H,3-4,7,9,11-13H2,1-2H3,(H3,22,23,26,27). The van der Waals surface area contributed by atoms with Gasteiger partial charge in [-0.25, -0.2) is 4.98 Å². The molecule has 4 rings (SSSR count). The van der Waals surface area contributed by atoms with Crippen molar-refractivity contribution in [2.75, 3.05) is 37.9 Å². The summed E-state index contributed by atoms with van der Waals surface area (Å²) in [7, 11) is 1.69. The Labute approximate surface area is 176 Å². The third kappa shape index (κ3) is 4.47. The molecule has 0 bridgehead atoms. The Hall–Kier alpha value is -2.91. The Morgan fingerprint density at radius 1 is 1.30 bits per heavy atom. The van der Waals surface area contributed by atoms with Crippen LogP contribution in [0.4, 0.5) is 11.8 Å². The molecule has 0 amide bonds. The molecule has 9 nitrogen and oxygen atoms in total. The minimum absolute atomic E-state index is 0.242. The summed E-state index contributed by atoms with van der Waals surface area (Å²) in [6.45, 7) is 5.86. The monoisotopic (exact) mass is 411 g/mol. The quantitative estimate of drug-likeness (QED) is 0.435. The van der Waals surface area contributed by atoms with Gasteiger partial charge in [0.2, 0.25) is 5.95 Å². The van der Waals surface area contributed by atoms with E-state index >= 15 is 0 Å². The topological polar surface area (TPSA) is 112 Å². The van der Waals surface area contributed by atoms with Crippen molar-refractivity contribution in [1.29, 1.82) is 0 Å². The van der Waals surface area contributed by atoms with Gasteiger partial charge in [-0.3, -0.25) is 4.68 Å². The second-order valence-corrected chi connectivity index (χ2v) is 7.51. The molecular formula is C21H29N7O2. The number of hydrogen-bond donors (Lipinski definition) is 3. The average Bonchev–Trinajstić information content (AvgIpc) is 3.09. The zero-order valence-electron chi connectivity index (χ0n) is 17.5. The number of nitrogens with zero attached hydrogens (tertiary/aromatic N) is 4. The van der Waals surface area contributed by atoms with Crippen LogP contribution in [0.2, 0.25) is 0 Å². The molecule has 3 heterocycles. The van der Waals surface area contributed by atoms with Gasteiger partial charge in [0.25, 0.3) is 0 Å². The van der Waals surface area contributed by atoms with E-state index in [1.807, 2.05) is 10.7 Å². The lowest BCUT2D eigenvalue weighted by Gasteiger charge is -2.27. The van der Waals surface area contributed by atoms with Gasteiger partial charge < -0.3 is 25.8 Å². The van der Waals surface area contributed by atoms with Crippen LogP contribution in [0, 0.1) is 0 Å². The molecule has 1 aromatic carbocycles. The number of anilines is 2. The van der Waals surface area contributed by atoms with Crippen LogP contribution < -0.4 is 21.1 Å². The first-order valence-corrected chi connectivity index (χ1v) is 10.4. The summed E-state index contributed by atoms with van der Waals surface area (Å²) in [5.41, 5.74) is 9.70. The number of hydrogen-bond acceptors (Lipinski definition) is 8. The zero-order valence-corrected chi connectivity index (χ0v) is 17.5. The van der Waals surface area contributed by atoms with Crippen LogP contribution in [0.3, 0.4) is 0 Å². The van der Waals surface area contributed by atoms with Crippen LogP contribution in [0.15, 0.2) is 24.4 Å². The second-order valence-electron chi connectivity index (χ2n) is 7.51. The molecule has 160 valence electrons. The zero-order chi connectivity index (χ0) is 20.9. The van der Waals surface area contributed by atoms with Gasteiger partial charge in [0.05, 0.1) is 39.1 Å². The minimum atomic E-state index is 0.242. The Morgan fingerprint density at radius 3 is 2.90 bits per heavy atom. The Morgan fingerprint density at radius 2 is 2.17 bits per heavy atom. The van der Waals surface area contributed by atoms with Crippen LogP contribution in [0.1, 0.15) is 30.9 Å². The van der Waals surface area contributed by atoms with Crippen LogP contribution in [-0.4, -0.2) is 52.7 Å². The SMILES string of the molecule is CCCCNc1nc(N)nc2cnn(Cc3cc(CNC4COC4)ccc3OC)c12. The van der Waals surface area contributed by atoms with Crippen molar-refractivity contribution >= 4 is 22.8 Å². The first-order chi connectivity index (χ1) is 14.7. The molecule has 4 N–H and O–H groups in total. The summed E-state index contributed by atoms with van der Waals surface area (Å²) in [6.07, 6.45) is 3.88. The molecule has 30 heavy (non-hydrogen) atoms. The van der Waals surface area contributed by atoms with Crippen molar-refractivity contribution in [3.05, 3.63) is 35.5 Å². The van der Waals surface area contributed by atoms with E-state index in [1.165, 1.54) is 5.56 Å². The van der Waals surface area contributed by atoms with E-state index in [-0.39, 0.29) is 5.95 Å². The number of nitrogens with two attached hydrogens (primary N) is 1. The highest BCUT2D eigenvalue weighted by atomic mass is 16.5. The first-order valence-electron chi connectivity index (χ1n) is 10.4.